The molecule has 2 aromatic carbocycles. The van der Waals surface area contributed by atoms with Crippen LogP contribution >= 0.6 is 12.2 Å². The molecule has 0 bridgehead atoms. The molecule has 0 unspecified atom stereocenters. The Balaban J connectivity index is -0.000000348. The Morgan fingerprint density at radius 2 is 1.29 bits per heavy atom. The summed E-state index contributed by atoms with van der Waals surface area (Å²) in [6.45, 7) is 8.00. The summed E-state index contributed by atoms with van der Waals surface area (Å²) in [5, 5.41) is 0. The first kappa shape index (κ1) is 33.3. The largest absolute Gasteiger partial charge is 0.212 e. The van der Waals surface area contributed by atoms with E-state index in [1.54, 1.807) is 0 Å². The molecule has 1 nitrogen and oxygen atoms in total. The minimum atomic E-state index is 0. The van der Waals surface area contributed by atoms with Gasteiger partial charge in [-0.3, -0.25) is 0 Å². The van der Waals surface area contributed by atoms with E-state index >= 15 is 0 Å². The van der Waals surface area contributed by atoms with Gasteiger partial charge < -0.3 is 0 Å². The summed E-state index contributed by atoms with van der Waals surface area (Å²) < 4.78 is 10.5. The zero-order chi connectivity index (χ0) is 18.7. The van der Waals surface area contributed by atoms with E-state index in [9.17, 15) is 4.21 Å². The van der Waals surface area contributed by atoms with Gasteiger partial charge in [0.05, 0.1) is 11.3 Å². The molecule has 0 saturated carbocycles. The molecule has 0 heterocycles. The van der Waals surface area contributed by atoms with Crippen molar-refractivity contribution in [2.75, 3.05) is 0 Å². The Morgan fingerprint density at radius 1 is 0.821 bits per heavy atom. The summed E-state index contributed by atoms with van der Waals surface area (Å²) in [5.74, 6) is 0. The van der Waals surface area contributed by atoms with E-state index in [0.29, 0.717) is 11.3 Å². The Labute approximate surface area is 231 Å². The fourth-order valence-electron chi connectivity index (χ4n) is 2.68. The van der Waals surface area contributed by atoms with Crippen molar-refractivity contribution in [1.29, 1.82) is 0 Å². The van der Waals surface area contributed by atoms with Gasteiger partial charge in [-0.2, -0.15) is 59.7 Å². The maximum absolute atomic E-state index is 10.5. The minimum Gasteiger partial charge on any atom is -0.212 e. The maximum Gasteiger partial charge on any atom is 0.0871 e. The second-order valence-electron chi connectivity index (χ2n) is 5.22. The topological polar surface area (TPSA) is 17.1 Å². The van der Waals surface area contributed by atoms with E-state index in [1.807, 2.05) is 52.0 Å². The van der Waals surface area contributed by atoms with Crippen molar-refractivity contribution < 1.29 is 69.6 Å². The fraction of sp³-hybridized carbons (Fsp3) is 0.391. The monoisotopic (exact) mass is 564 g/mol. The molecule has 0 N–H and O–H groups in total. The molecule has 2 aromatic rings. The van der Waals surface area contributed by atoms with Gasteiger partial charge >= 0.3 is 0 Å². The third-order valence-electron chi connectivity index (χ3n) is 3.72. The molecule has 0 amide bonds. The number of thiocarbonyl (C=S) groups is 1. The van der Waals surface area contributed by atoms with Gasteiger partial charge in [-0.25, -0.2) is 4.21 Å². The van der Waals surface area contributed by atoms with Gasteiger partial charge in [-0.1, -0.05) is 47.3 Å². The molecule has 2 radical (unpaired) electrons. The van der Waals surface area contributed by atoms with Crippen LogP contribution in [0.15, 0.2) is 36.4 Å². The van der Waals surface area contributed by atoms with Crippen LogP contribution in [-0.2, 0) is 102 Å². The van der Waals surface area contributed by atoms with Crippen molar-refractivity contribution in [1.82, 2.24) is 0 Å². The summed E-state index contributed by atoms with van der Waals surface area (Å²) in [6.07, 6.45) is 3.62. The van der Waals surface area contributed by atoms with Crippen molar-refractivity contribution in [2.24, 2.45) is 0 Å². The molecule has 0 aromatic heterocycles. The normalized spacial score (nSPS) is 11.7. The molecule has 148 valence electrons. The van der Waals surface area contributed by atoms with Crippen molar-refractivity contribution in [3.05, 3.63) is 70.8 Å². The predicted molar refractivity (Wildman–Crippen MR) is 121 cm³/mol. The smallest absolute Gasteiger partial charge is 0.0871 e. The van der Waals surface area contributed by atoms with E-state index in [4.69, 9.17) is 12.2 Å². The number of hydrogen-bond acceptors (Lipinski definition) is 2. The Bertz CT molecular complexity index is 700. The first-order valence-electron chi connectivity index (χ1n) is 8.89. The molecule has 5 heteroatoms. The zero-order valence-electron chi connectivity index (χ0n) is 16.7. The molecule has 2 aliphatic carbocycles. The summed E-state index contributed by atoms with van der Waals surface area (Å²) in [4.78, 5) is 2.17. The van der Waals surface area contributed by atoms with Gasteiger partial charge in [0.15, 0.2) is 0 Å². The predicted octanol–water partition coefficient (Wildman–Crippen LogP) is 5.61. The van der Waals surface area contributed by atoms with E-state index in [0.717, 1.165) is 35.4 Å². The third kappa shape index (κ3) is 10.6. The van der Waals surface area contributed by atoms with Crippen LogP contribution in [0.3, 0.4) is 0 Å². The van der Waals surface area contributed by atoms with Crippen molar-refractivity contribution in [3.8, 4) is 0 Å². The SMILES string of the molecule is C.CC.CC.O=S=C1Cc2[c-]cccc2C1.S=C1Cc2[c-]cccc2C1.[Y].[Y]. The summed E-state index contributed by atoms with van der Waals surface area (Å²) in [6, 6.07) is 18.4. The van der Waals surface area contributed by atoms with E-state index in [2.05, 4.69) is 24.3 Å². The van der Waals surface area contributed by atoms with Crippen LogP contribution in [0.4, 0.5) is 0 Å². The third-order valence-corrected chi connectivity index (χ3v) is 4.53. The number of benzene rings is 2. The van der Waals surface area contributed by atoms with Crippen LogP contribution in [0.2, 0.25) is 0 Å². The van der Waals surface area contributed by atoms with Gasteiger partial charge in [-0.05, 0) is 30.5 Å². The Kier molecular flexibility index (Phi) is 23.3. The molecule has 0 saturated heterocycles. The molecule has 28 heavy (non-hydrogen) atoms. The van der Waals surface area contributed by atoms with Gasteiger partial charge in [0.2, 0.25) is 0 Å². The van der Waals surface area contributed by atoms with Gasteiger partial charge in [-0.15, -0.1) is 11.1 Å². The summed E-state index contributed by atoms with van der Waals surface area (Å²) >= 11 is 5.74. The van der Waals surface area contributed by atoms with Gasteiger partial charge in [0.25, 0.3) is 0 Å². The standard InChI is InChI=1S/C9H7OS.C9H7S.2C2H6.CH4.2Y/c10-11-9-5-7-3-1-2-4-8(7)6-9;10-9-5-7-3-1-2-4-8(7)6-9;2*1-2;;;/h1-3H,5-6H2;1-3H,5-6H2;2*1-2H3;1H4;;/q2*-1;;;;;. The second kappa shape index (κ2) is 19.6. The number of hydrogen-bond donors (Lipinski definition) is 0. The molecule has 0 spiro atoms. The molecular weight excluding hydrogens is 534 g/mol. The fourth-order valence-corrected chi connectivity index (χ4v) is 3.39. The van der Waals surface area contributed by atoms with Crippen LogP contribution in [-0.4, -0.2) is 13.9 Å². The van der Waals surface area contributed by atoms with Crippen LogP contribution in [0.1, 0.15) is 57.4 Å². The van der Waals surface area contributed by atoms with Crippen molar-refractivity contribution in [2.45, 2.75) is 60.8 Å². The first-order valence-corrected chi connectivity index (χ1v) is 10.0. The second-order valence-corrected chi connectivity index (χ2v) is 6.54. The molecule has 0 atom stereocenters. The average Bonchev–Trinajstić information content (AvgIpc) is 3.27. The molecule has 2 aliphatic rings. The molecular formula is C23H30OS2Y2-2. The van der Waals surface area contributed by atoms with E-state index < -0.39 is 0 Å². The van der Waals surface area contributed by atoms with E-state index in [1.165, 1.54) is 22.3 Å². The average molecular weight is 564 g/mol. The molecule has 4 rings (SSSR count). The summed E-state index contributed by atoms with van der Waals surface area (Å²) in [5.41, 5.74) is 5.14. The quantitative estimate of drug-likeness (QED) is 0.306. The Morgan fingerprint density at radius 3 is 1.71 bits per heavy atom. The van der Waals surface area contributed by atoms with Crippen LogP contribution in [0, 0.1) is 12.1 Å². The first-order chi connectivity index (χ1) is 12.3. The Hall–Kier alpha value is 0.628. The number of rotatable bonds is 0. The van der Waals surface area contributed by atoms with Crippen molar-refractivity contribution in [3.63, 3.8) is 0 Å². The van der Waals surface area contributed by atoms with Crippen LogP contribution in [0.25, 0.3) is 0 Å². The molecule has 0 fully saturated rings. The van der Waals surface area contributed by atoms with Crippen molar-refractivity contribution >= 4 is 33.2 Å². The van der Waals surface area contributed by atoms with Crippen LogP contribution < -0.4 is 0 Å². The molecule has 0 aliphatic heterocycles. The maximum atomic E-state index is 10.5. The summed E-state index contributed by atoms with van der Waals surface area (Å²) in [7, 11) is 0. The number of fused-ring (bicyclic) bond motifs is 2. The minimum absolute atomic E-state index is 0. The zero-order valence-corrected chi connectivity index (χ0v) is 24.0. The van der Waals surface area contributed by atoms with Gasteiger partial charge in [0, 0.05) is 70.3 Å². The van der Waals surface area contributed by atoms with Gasteiger partial charge in [0.1, 0.15) is 0 Å². The van der Waals surface area contributed by atoms with E-state index in [-0.39, 0.29) is 72.8 Å². The van der Waals surface area contributed by atoms with Crippen LogP contribution in [0.5, 0.6) is 0 Å².